The van der Waals surface area contributed by atoms with E-state index in [1.807, 2.05) is 5.38 Å². The average Bonchev–Trinajstić information content (AvgIpc) is 2.81. The number of aliphatic hydroxyl groups is 1. The van der Waals surface area contributed by atoms with Crippen molar-refractivity contribution in [2.45, 2.75) is 50.7 Å². The van der Waals surface area contributed by atoms with E-state index in [9.17, 15) is 5.11 Å². The first-order chi connectivity index (χ1) is 8.16. The van der Waals surface area contributed by atoms with Crippen molar-refractivity contribution < 1.29 is 9.84 Å². The van der Waals surface area contributed by atoms with Crippen LogP contribution in [0.5, 0.6) is 0 Å². The van der Waals surface area contributed by atoms with Gasteiger partial charge in [-0.25, -0.2) is 4.98 Å². The van der Waals surface area contributed by atoms with Gasteiger partial charge < -0.3 is 9.84 Å². The van der Waals surface area contributed by atoms with Crippen molar-refractivity contribution in [3.63, 3.8) is 0 Å². The summed E-state index contributed by atoms with van der Waals surface area (Å²) < 4.78 is 5.69. The Labute approximate surface area is 107 Å². The lowest BCUT2D eigenvalue weighted by molar-refractivity contribution is -0.131. The molecule has 1 N–H and O–H groups in total. The van der Waals surface area contributed by atoms with Gasteiger partial charge in [0.15, 0.2) is 0 Å². The number of aliphatic hydroxyl groups excluding tert-OH is 1. The summed E-state index contributed by atoms with van der Waals surface area (Å²) >= 11 is 1.60. The van der Waals surface area contributed by atoms with Crippen molar-refractivity contribution in [1.29, 1.82) is 0 Å². The van der Waals surface area contributed by atoms with Crippen molar-refractivity contribution in [2.24, 2.45) is 5.92 Å². The molecule has 2 rings (SSSR count). The second-order valence-electron chi connectivity index (χ2n) is 5.12. The average molecular weight is 255 g/mol. The standard InChI is InChI=1S/C13H21NO2S/c1-10-4-3-5-13(9-10,16-2)11(15)8-12-14-6-7-17-12/h6-7,10-11,15H,3-5,8-9H2,1-2H3. The van der Waals surface area contributed by atoms with Gasteiger partial charge in [0.1, 0.15) is 0 Å². The molecule has 1 fully saturated rings. The van der Waals surface area contributed by atoms with Crippen LogP contribution < -0.4 is 0 Å². The van der Waals surface area contributed by atoms with Crippen LogP contribution >= 0.6 is 11.3 Å². The van der Waals surface area contributed by atoms with Crippen LogP contribution in [0.25, 0.3) is 0 Å². The van der Waals surface area contributed by atoms with Crippen LogP contribution in [0.15, 0.2) is 11.6 Å². The van der Waals surface area contributed by atoms with E-state index >= 15 is 0 Å². The van der Waals surface area contributed by atoms with Crippen LogP contribution in [0.3, 0.4) is 0 Å². The molecule has 1 aromatic rings. The van der Waals surface area contributed by atoms with Crippen LogP contribution in [0.4, 0.5) is 0 Å². The molecule has 1 saturated carbocycles. The Kier molecular flexibility index (Phi) is 4.17. The van der Waals surface area contributed by atoms with E-state index in [2.05, 4.69) is 11.9 Å². The highest BCUT2D eigenvalue weighted by Gasteiger charge is 2.41. The van der Waals surface area contributed by atoms with Crippen LogP contribution in [0, 0.1) is 5.92 Å². The Balaban J connectivity index is 2.06. The first-order valence-electron chi connectivity index (χ1n) is 6.28. The Hall–Kier alpha value is -0.450. The molecule has 0 saturated heterocycles. The fraction of sp³-hybridized carbons (Fsp3) is 0.769. The van der Waals surface area contributed by atoms with Gasteiger partial charge in [0.05, 0.1) is 16.7 Å². The van der Waals surface area contributed by atoms with E-state index in [1.165, 1.54) is 6.42 Å². The third kappa shape index (κ3) is 2.87. The first-order valence-corrected chi connectivity index (χ1v) is 7.16. The Bertz CT molecular complexity index is 341. The molecule has 0 spiro atoms. The molecular formula is C13H21NO2S. The minimum atomic E-state index is -0.443. The largest absolute Gasteiger partial charge is 0.390 e. The van der Waals surface area contributed by atoms with Gasteiger partial charge in [-0.15, -0.1) is 11.3 Å². The van der Waals surface area contributed by atoms with Gasteiger partial charge in [0.25, 0.3) is 0 Å². The third-order valence-corrected chi connectivity index (χ3v) is 4.66. The molecule has 3 nitrogen and oxygen atoms in total. The van der Waals surface area contributed by atoms with E-state index in [0.29, 0.717) is 12.3 Å². The highest BCUT2D eigenvalue weighted by Crippen LogP contribution is 2.38. The summed E-state index contributed by atoms with van der Waals surface area (Å²) in [7, 11) is 1.73. The summed E-state index contributed by atoms with van der Waals surface area (Å²) in [5.41, 5.74) is -0.358. The summed E-state index contributed by atoms with van der Waals surface area (Å²) in [5.74, 6) is 0.634. The van der Waals surface area contributed by atoms with Gasteiger partial charge >= 0.3 is 0 Å². The SMILES string of the molecule is COC1(C(O)Cc2nccs2)CCCC(C)C1. The number of thiazole rings is 1. The number of hydrogen-bond donors (Lipinski definition) is 1. The lowest BCUT2D eigenvalue weighted by atomic mass is 9.75. The zero-order chi connectivity index (χ0) is 12.3. The zero-order valence-corrected chi connectivity index (χ0v) is 11.4. The topological polar surface area (TPSA) is 42.4 Å². The molecule has 17 heavy (non-hydrogen) atoms. The molecule has 1 aliphatic carbocycles. The van der Waals surface area contributed by atoms with E-state index in [1.54, 1.807) is 24.6 Å². The summed E-state index contributed by atoms with van der Waals surface area (Å²) in [6.07, 6.45) is 6.25. The van der Waals surface area contributed by atoms with Crippen LogP contribution in [-0.4, -0.2) is 28.9 Å². The van der Waals surface area contributed by atoms with Gasteiger partial charge in [0.2, 0.25) is 0 Å². The Morgan fingerprint density at radius 3 is 3.12 bits per heavy atom. The summed E-state index contributed by atoms with van der Waals surface area (Å²) in [4.78, 5) is 4.24. The number of aromatic nitrogens is 1. The molecule has 0 amide bonds. The van der Waals surface area contributed by atoms with Crippen molar-refractivity contribution in [2.75, 3.05) is 7.11 Å². The van der Waals surface area contributed by atoms with E-state index in [-0.39, 0.29) is 5.60 Å². The maximum Gasteiger partial charge on any atom is 0.0951 e. The van der Waals surface area contributed by atoms with Crippen molar-refractivity contribution in [3.05, 3.63) is 16.6 Å². The summed E-state index contributed by atoms with van der Waals surface area (Å²) in [6.45, 7) is 2.24. The van der Waals surface area contributed by atoms with E-state index in [0.717, 1.165) is 24.3 Å². The number of hydrogen-bond acceptors (Lipinski definition) is 4. The smallest absolute Gasteiger partial charge is 0.0951 e. The highest BCUT2D eigenvalue weighted by atomic mass is 32.1. The van der Waals surface area contributed by atoms with E-state index < -0.39 is 6.10 Å². The minimum absolute atomic E-state index is 0.358. The molecule has 0 aliphatic heterocycles. The summed E-state index contributed by atoms with van der Waals surface area (Å²) in [5, 5.41) is 13.4. The maximum atomic E-state index is 10.5. The van der Waals surface area contributed by atoms with Crippen molar-refractivity contribution in [3.8, 4) is 0 Å². The van der Waals surface area contributed by atoms with Crippen molar-refractivity contribution >= 4 is 11.3 Å². The molecule has 96 valence electrons. The molecule has 3 atom stereocenters. The molecule has 4 heteroatoms. The molecular weight excluding hydrogens is 234 g/mol. The molecule has 1 aromatic heterocycles. The monoisotopic (exact) mass is 255 g/mol. The molecule has 1 aliphatic rings. The second kappa shape index (κ2) is 5.46. The molecule has 3 unspecified atom stereocenters. The number of methoxy groups -OCH3 is 1. The highest BCUT2D eigenvalue weighted by molar-refractivity contribution is 7.09. The fourth-order valence-corrected chi connectivity index (χ4v) is 3.53. The number of ether oxygens (including phenoxy) is 1. The third-order valence-electron chi connectivity index (χ3n) is 3.86. The summed E-state index contributed by atoms with van der Waals surface area (Å²) in [6, 6.07) is 0. The zero-order valence-electron chi connectivity index (χ0n) is 10.6. The van der Waals surface area contributed by atoms with Crippen LogP contribution in [-0.2, 0) is 11.2 Å². The maximum absolute atomic E-state index is 10.5. The molecule has 1 heterocycles. The second-order valence-corrected chi connectivity index (χ2v) is 6.10. The van der Waals surface area contributed by atoms with E-state index in [4.69, 9.17) is 4.74 Å². The molecule has 0 bridgehead atoms. The fourth-order valence-electron chi connectivity index (χ4n) is 2.87. The predicted molar refractivity (Wildman–Crippen MR) is 69.2 cm³/mol. The minimum Gasteiger partial charge on any atom is -0.390 e. The van der Waals surface area contributed by atoms with Gasteiger partial charge in [0, 0.05) is 25.1 Å². The molecule has 0 aromatic carbocycles. The van der Waals surface area contributed by atoms with Crippen molar-refractivity contribution in [1.82, 2.24) is 4.98 Å². The van der Waals surface area contributed by atoms with Gasteiger partial charge in [-0.3, -0.25) is 0 Å². The quantitative estimate of drug-likeness (QED) is 0.899. The Morgan fingerprint density at radius 2 is 2.53 bits per heavy atom. The Morgan fingerprint density at radius 1 is 1.71 bits per heavy atom. The first kappa shape index (κ1) is 13.0. The molecule has 0 radical (unpaired) electrons. The number of nitrogens with zero attached hydrogens (tertiary/aromatic N) is 1. The van der Waals surface area contributed by atoms with Crippen LogP contribution in [0.1, 0.15) is 37.6 Å². The number of rotatable bonds is 4. The van der Waals surface area contributed by atoms with Gasteiger partial charge in [-0.2, -0.15) is 0 Å². The lowest BCUT2D eigenvalue weighted by Crippen LogP contribution is -2.48. The van der Waals surface area contributed by atoms with Gasteiger partial charge in [-0.05, 0) is 18.8 Å². The lowest BCUT2D eigenvalue weighted by Gasteiger charge is -2.42. The normalized spacial score (nSPS) is 31.4. The van der Waals surface area contributed by atoms with Crippen LogP contribution in [0.2, 0.25) is 0 Å². The predicted octanol–water partition coefficient (Wildman–Crippen LogP) is 2.64. The van der Waals surface area contributed by atoms with Gasteiger partial charge in [-0.1, -0.05) is 19.8 Å².